The SMILES string of the molecule is COc1ccc(NC(=O)c2cccnc2Nc2ccc(Cl)c(Cl)c2)cc1. The minimum absolute atomic E-state index is 0.286. The maximum atomic E-state index is 12.6. The second-order valence-corrected chi connectivity index (χ2v) is 6.15. The number of aromatic nitrogens is 1. The molecular formula is C19H15Cl2N3O2. The summed E-state index contributed by atoms with van der Waals surface area (Å²) in [6.45, 7) is 0. The van der Waals surface area contributed by atoms with Crippen molar-refractivity contribution >= 4 is 46.3 Å². The minimum Gasteiger partial charge on any atom is -0.497 e. The first kappa shape index (κ1) is 18.0. The molecule has 0 unspecified atom stereocenters. The third-order valence-corrected chi connectivity index (χ3v) is 4.32. The summed E-state index contributed by atoms with van der Waals surface area (Å²) in [5.41, 5.74) is 1.73. The Bertz CT molecular complexity index is 930. The third kappa shape index (κ3) is 4.25. The van der Waals surface area contributed by atoms with Gasteiger partial charge in [-0.05, 0) is 54.6 Å². The lowest BCUT2D eigenvalue weighted by molar-refractivity contribution is 0.102. The van der Waals surface area contributed by atoms with Gasteiger partial charge in [-0.1, -0.05) is 23.2 Å². The van der Waals surface area contributed by atoms with Crippen molar-refractivity contribution in [2.24, 2.45) is 0 Å². The quantitative estimate of drug-likeness (QED) is 0.615. The Morgan fingerprint density at radius 1 is 1.00 bits per heavy atom. The predicted molar refractivity (Wildman–Crippen MR) is 105 cm³/mol. The van der Waals surface area contributed by atoms with Crippen molar-refractivity contribution in [1.29, 1.82) is 0 Å². The van der Waals surface area contributed by atoms with Gasteiger partial charge in [-0.15, -0.1) is 0 Å². The van der Waals surface area contributed by atoms with Crippen molar-refractivity contribution in [3.05, 3.63) is 76.4 Å². The fraction of sp³-hybridized carbons (Fsp3) is 0.0526. The van der Waals surface area contributed by atoms with Gasteiger partial charge >= 0.3 is 0 Å². The van der Waals surface area contributed by atoms with Gasteiger partial charge in [0, 0.05) is 17.6 Å². The number of nitrogens with one attached hydrogen (secondary N) is 2. The van der Waals surface area contributed by atoms with E-state index in [1.165, 1.54) is 0 Å². The van der Waals surface area contributed by atoms with Crippen LogP contribution in [0.4, 0.5) is 17.2 Å². The lowest BCUT2D eigenvalue weighted by atomic mass is 10.2. The molecule has 0 saturated heterocycles. The van der Waals surface area contributed by atoms with Gasteiger partial charge in [0.1, 0.15) is 11.6 Å². The molecule has 1 aromatic heterocycles. The predicted octanol–water partition coefficient (Wildman–Crippen LogP) is 5.39. The molecule has 0 atom stereocenters. The molecule has 0 fully saturated rings. The van der Waals surface area contributed by atoms with Crippen molar-refractivity contribution in [2.75, 3.05) is 17.7 Å². The zero-order chi connectivity index (χ0) is 18.5. The smallest absolute Gasteiger partial charge is 0.259 e. The zero-order valence-corrected chi connectivity index (χ0v) is 15.3. The molecule has 7 heteroatoms. The first-order valence-corrected chi connectivity index (χ1v) is 8.45. The minimum atomic E-state index is -0.286. The van der Waals surface area contributed by atoms with Crippen LogP contribution in [0, 0.1) is 0 Å². The zero-order valence-electron chi connectivity index (χ0n) is 13.8. The van der Waals surface area contributed by atoms with Crippen molar-refractivity contribution < 1.29 is 9.53 Å². The van der Waals surface area contributed by atoms with E-state index in [0.717, 1.165) is 0 Å². The molecule has 0 saturated carbocycles. The van der Waals surface area contributed by atoms with E-state index in [-0.39, 0.29) is 5.91 Å². The van der Waals surface area contributed by atoms with Crippen LogP contribution in [-0.4, -0.2) is 18.0 Å². The summed E-state index contributed by atoms with van der Waals surface area (Å²) in [5.74, 6) is 0.842. The van der Waals surface area contributed by atoms with Crippen molar-refractivity contribution in [3.8, 4) is 5.75 Å². The van der Waals surface area contributed by atoms with Crippen LogP contribution >= 0.6 is 23.2 Å². The number of benzene rings is 2. The number of carbonyl (C=O) groups is 1. The van der Waals surface area contributed by atoms with E-state index in [9.17, 15) is 4.79 Å². The van der Waals surface area contributed by atoms with E-state index in [4.69, 9.17) is 27.9 Å². The molecule has 3 aromatic rings. The summed E-state index contributed by atoms with van der Waals surface area (Å²) in [7, 11) is 1.59. The Kier molecular flexibility index (Phi) is 5.61. The summed E-state index contributed by atoms with van der Waals surface area (Å²) >= 11 is 12.0. The number of rotatable bonds is 5. The topological polar surface area (TPSA) is 63.2 Å². The van der Waals surface area contributed by atoms with Crippen LogP contribution in [0.2, 0.25) is 10.0 Å². The Morgan fingerprint density at radius 3 is 2.42 bits per heavy atom. The van der Waals surface area contributed by atoms with Crippen LogP contribution in [0.3, 0.4) is 0 Å². The van der Waals surface area contributed by atoms with Gasteiger partial charge in [0.05, 0.1) is 22.7 Å². The molecule has 5 nitrogen and oxygen atoms in total. The Balaban J connectivity index is 1.81. The number of nitrogens with zero attached hydrogens (tertiary/aromatic N) is 1. The number of halogens is 2. The van der Waals surface area contributed by atoms with Crippen LogP contribution in [0.25, 0.3) is 0 Å². The highest BCUT2D eigenvalue weighted by atomic mass is 35.5. The van der Waals surface area contributed by atoms with Crippen LogP contribution in [0.1, 0.15) is 10.4 Å². The molecule has 0 spiro atoms. The van der Waals surface area contributed by atoms with Crippen molar-refractivity contribution in [2.45, 2.75) is 0 Å². The Labute approximate surface area is 160 Å². The second kappa shape index (κ2) is 8.08. The number of carbonyl (C=O) groups excluding carboxylic acids is 1. The molecule has 0 aliphatic heterocycles. The lowest BCUT2D eigenvalue weighted by Crippen LogP contribution is -2.14. The van der Waals surface area contributed by atoms with Crippen molar-refractivity contribution in [1.82, 2.24) is 4.98 Å². The molecule has 1 amide bonds. The summed E-state index contributed by atoms with van der Waals surface area (Å²) in [5, 5.41) is 6.79. The maximum absolute atomic E-state index is 12.6. The largest absolute Gasteiger partial charge is 0.497 e. The highest BCUT2D eigenvalue weighted by molar-refractivity contribution is 6.42. The number of hydrogen-bond donors (Lipinski definition) is 2. The van der Waals surface area contributed by atoms with Crippen LogP contribution in [0.15, 0.2) is 60.8 Å². The third-order valence-electron chi connectivity index (χ3n) is 3.58. The van der Waals surface area contributed by atoms with Crippen LogP contribution in [0.5, 0.6) is 5.75 Å². The Hall–Kier alpha value is -2.76. The van der Waals surface area contributed by atoms with Gasteiger partial charge in [0.2, 0.25) is 0 Å². The lowest BCUT2D eigenvalue weighted by Gasteiger charge is -2.12. The van der Waals surface area contributed by atoms with E-state index in [1.54, 1.807) is 67.9 Å². The number of pyridine rings is 1. The summed E-state index contributed by atoms with van der Waals surface area (Å²) in [6.07, 6.45) is 1.60. The first-order chi connectivity index (χ1) is 12.6. The average Bonchev–Trinajstić information content (AvgIpc) is 2.66. The van der Waals surface area contributed by atoms with E-state index in [0.29, 0.717) is 38.6 Å². The van der Waals surface area contributed by atoms with E-state index in [2.05, 4.69) is 15.6 Å². The molecule has 0 bridgehead atoms. The van der Waals surface area contributed by atoms with Crippen LogP contribution < -0.4 is 15.4 Å². The molecule has 26 heavy (non-hydrogen) atoms. The molecular weight excluding hydrogens is 373 g/mol. The number of hydrogen-bond acceptors (Lipinski definition) is 4. The molecule has 0 radical (unpaired) electrons. The fourth-order valence-electron chi connectivity index (χ4n) is 2.27. The van der Waals surface area contributed by atoms with Gasteiger partial charge in [-0.25, -0.2) is 4.98 Å². The number of amides is 1. The van der Waals surface area contributed by atoms with Gasteiger partial charge in [0.25, 0.3) is 5.91 Å². The summed E-state index contributed by atoms with van der Waals surface area (Å²) in [4.78, 5) is 16.9. The standard InChI is InChI=1S/C19H15Cl2N3O2/c1-26-14-7-4-12(5-8-14)24-19(25)15-3-2-10-22-18(15)23-13-6-9-16(20)17(21)11-13/h2-11H,1H3,(H,22,23)(H,24,25). The Morgan fingerprint density at radius 2 is 1.73 bits per heavy atom. The number of methoxy groups -OCH3 is 1. The molecule has 1 heterocycles. The maximum Gasteiger partial charge on any atom is 0.259 e. The molecule has 0 aliphatic carbocycles. The molecule has 0 aliphatic rings. The monoisotopic (exact) mass is 387 g/mol. The van der Waals surface area contributed by atoms with E-state index >= 15 is 0 Å². The first-order valence-electron chi connectivity index (χ1n) is 7.69. The molecule has 2 aromatic carbocycles. The molecule has 2 N–H and O–H groups in total. The van der Waals surface area contributed by atoms with Gasteiger partial charge in [0.15, 0.2) is 0 Å². The normalized spacial score (nSPS) is 10.3. The second-order valence-electron chi connectivity index (χ2n) is 5.34. The number of anilines is 3. The van der Waals surface area contributed by atoms with E-state index < -0.39 is 0 Å². The highest BCUT2D eigenvalue weighted by Gasteiger charge is 2.13. The van der Waals surface area contributed by atoms with E-state index in [1.807, 2.05) is 0 Å². The molecule has 3 rings (SSSR count). The summed E-state index contributed by atoms with van der Waals surface area (Å²) < 4.78 is 5.11. The van der Waals surface area contributed by atoms with Crippen LogP contribution in [-0.2, 0) is 0 Å². The number of ether oxygens (including phenoxy) is 1. The van der Waals surface area contributed by atoms with Gasteiger partial charge in [-0.3, -0.25) is 4.79 Å². The summed E-state index contributed by atoms with van der Waals surface area (Å²) in [6, 6.07) is 15.6. The average molecular weight is 388 g/mol. The van der Waals surface area contributed by atoms with Crippen molar-refractivity contribution in [3.63, 3.8) is 0 Å². The molecule has 132 valence electrons. The van der Waals surface area contributed by atoms with Gasteiger partial charge < -0.3 is 15.4 Å². The van der Waals surface area contributed by atoms with Gasteiger partial charge in [-0.2, -0.15) is 0 Å². The highest BCUT2D eigenvalue weighted by Crippen LogP contribution is 2.27. The fourth-order valence-corrected chi connectivity index (χ4v) is 2.57.